The highest BCUT2D eigenvalue weighted by atomic mass is 35.5. The third-order valence-electron chi connectivity index (χ3n) is 3.85. The molecule has 2 aromatic rings. The first-order chi connectivity index (χ1) is 15.3. The van der Waals surface area contributed by atoms with Gasteiger partial charge in [-0.1, -0.05) is 34.4 Å². The molecule has 0 radical (unpaired) electrons. The van der Waals surface area contributed by atoms with Gasteiger partial charge in [-0.2, -0.15) is 0 Å². The summed E-state index contributed by atoms with van der Waals surface area (Å²) in [5, 5.41) is 9.40. The van der Waals surface area contributed by atoms with Crippen LogP contribution in [0.3, 0.4) is 0 Å². The molecule has 0 fully saturated rings. The Morgan fingerprint density at radius 3 is 2.47 bits per heavy atom. The quantitative estimate of drug-likeness (QED) is 0.162. The number of ether oxygens (including phenoxy) is 1. The van der Waals surface area contributed by atoms with Gasteiger partial charge in [0.2, 0.25) is 5.71 Å². The van der Waals surface area contributed by atoms with Gasteiger partial charge in [0.15, 0.2) is 10.9 Å². The van der Waals surface area contributed by atoms with E-state index in [-0.39, 0.29) is 36.2 Å². The van der Waals surface area contributed by atoms with Crippen LogP contribution < -0.4 is 5.32 Å². The lowest BCUT2D eigenvalue weighted by Gasteiger charge is -2.27. The van der Waals surface area contributed by atoms with Crippen molar-refractivity contribution in [2.75, 3.05) is 32.2 Å². The van der Waals surface area contributed by atoms with Gasteiger partial charge >= 0.3 is 13.6 Å². The molecule has 1 unspecified atom stereocenters. The van der Waals surface area contributed by atoms with E-state index < -0.39 is 19.3 Å². The van der Waals surface area contributed by atoms with Crippen molar-refractivity contribution < 1.29 is 28.0 Å². The number of nitrogens with zero attached hydrogens (tertiary/aromatic N) is 2. The number of halogens is 2. The van der Waals surface area contributed by atoms with E-state index in [0.717, 1.165) is 11.3 Å². The molecule has 1 atom stereocenters. The van der Waals surface area contributed by atoms with E-state index in [4.69, 9.17) is 41.8 Å². The number of carbonyl (C=O) groups excluding carboxylic acids is 1. The average molecular weight is 524 g/mol. The third-order valence-corrected chi connectivity index (χ3v) is 7.46. The predicted molar refractivity (Wildman–Crippen MR) is 126 cm³/mol. The number of aromatic nitrogens is 1. The Morgan fingerprint density at radius 1 is 1.22 bits per heavy atom. The topological polar surface area (TPSA) is 108 Å². The summed E-state index contributed by atoms with van der Waals surface area (Å²) in [6.07, 6.45) is 0. The van der Waals surface area contributed by atoms with Gasteiger partial charge in [-0.15, -0.1) is 11.3 Å². The van der Waals surface area contributed by atoms with Crippen LogP contribution in [-0.2, 0) is 28.0 Å². The second-order valence-electron chi connectivity index (χ2n) is 5.97. The number of hydrogen-bond donors (Lipinski definition) is 1. The van der Waals surface area contributed by atoms with Crippen LogP contribution in [0.25, 0.3) is 0 Å². The van der Waals surface area contributed by atoms with Gasteiger partial charge in [0, 0.05) is 21.0 Å². The second-order valence-corrected chi connectivity index (χ2v) is 9.78. The molecule has 0 aliphatic rings. The SMILES string of the molecule is CCOC(=O)/C(=N/OC)c1csc(NC(c2ccc(Cl)cc2Cl)P(=O)(OCC)OCC)n1. The molecule has 0 saturated carbocycles. The number of carbonyl (C=O) groups is 1. The van der Waals surface area contributed by atoms with Crippen molar-refractivity contribution in [3.63, 3.8) is 0 Å². The zero-order valence-corrected chi connectivity index (χ0v) is 21.2. The molecule has 0 spiro atoms. The lowest BCUT2D eigenvalue weighted by molar-refractivity contribution is -0.135. The first kappa shape index (κ1) is 26.6. The minimum atomic E-state index is -3.73. The number of nitrogens with one attached hydrogen (secondary N) is 1. The summed E-state index contributed by atoms with van der Waals surface area (Å²) in [5.41, 5.74) is 0.577. The molecule has 0 saturated heterocycles. The normalized spacial score (nSPS) is 13.0. The molecule has 0 aliphatic carbocycles. The Kier molecular flexibility index (Phi) is 10.4. The van der Waals surface area contributed by atoms with Crippen molar-refractivity contribution >= 4 is 58.9 Å². The van der Waals surface area contributed by atoms with Crippen LogP contribution in [-0.4, -0.2) is 43.6 Å². The van der Waals surface area contributed by atoms with Gasteiger partial charge in [0.05, 0.1) is 19.8 Å². The summed E-state index contributed by atoms with van der Waals surface area (Å²) < 4.78 is 29.7. The van der Waals surface area contributed by atoms with Crippen molar-refractivity contribution in [1.29, 1.82) is 0 Å². The Labute approximate surface area is 200 Å². The van der Waals surface area contributed by atoms with Crippen LogP contribution in [0.2, 0.25) is 10.0 Å². The molecule has 1 heterocycles. The maximum atomic E-state index is 13.7. The highest BCUT2D eigenvalue weighted by Gasteiger charge is 2.39. The lowest BCUT2D eigenvalue weighted by Crippen LogP contribution is -2.20. The van der Waals surface area contributed by atoms with Crippen molar-refractivity contribution in [2.45, 2.75) is 26.6 Å². The smallest absolute Gasteiger partial charge is 0.362 e. The highest BCUT2D eigenvalue weighted by molar-refractivity contribution is 7.54. The summed E-state index contributed by atoms with van der Waals surface area (Å²) in [4.78, 5) is 21.3. The van der Waals surface area contributed by atoms with Gasteiger partial charge in [0.1, 0.15) is 12.8 Å². The molecule has 1 aromatic heterocycles. The number of anilines is 1. The summed E-state index contributed by atoms with van der Waals surface area (Å²) in [6.45, 7) is 5.56. The van der Waals surface area contributed by atoms with Crippen LogP contribution >= 0.6 is 42.1 Å². The summed E-state index contributed by atoms with van der Waals surface area (Å²) in [5.74, 6) is -1.67. The lowest BCUT2D eigenvalue weighted by atomic mass is 10.2. The van der Waals surface area contributed by atoms with Crippen molar-refractivity contribution in [3.05, 3.63) is 44.9 Å². The summed E-state index contributed by atoms with van der Waals surface area (Å²) in [7, 11) is -2.43. The van der Waals surface area contributed by atoms with E-state index in [1.807, 2.05) is 0 Å². The van der Waals surface area contributed by atoms with Crippen LogP contribution in [0.4, 0.5) is 5.13 Å². The number of oxime groups is 1. The second kappa shape index (κ2) is 12.5. The fraction of sp³-hybridized carbons (Fsp3) is 0.421. The van der Waals surface area contributed by atoms with Crippen molar-refractivity contribution in [2.24, 2.45) is 5.16 Å². The van der Waals surface area contributed by atoms with Crippen LogP contribution in [0.5, 0.6) is 0 Å². The van der Waals surface area contributed by atoms with Gasteiger partial charge in [-0.3, -0.25) is 4.57 Å². The maximum Gasteiger partial charge on any atom is 0.362 e. The molecule has 1 N–H and O–H groups in total. The largest absolute Gasteiger partial charge is 0.461 e. The predicted octanol–water partition coefficient (Wildman–Crippen LogP) is 5.74. The van der Waals surface area contributed by atoms with Gasteiger partial charge < -0.3 is 23.9 Å². The first-order valence-electron chi connectivity index (χ1n) is 9.64. The van der Waals surface area contributed by atoms with Gasteiger partial charge in [-0.05, 0) is 32.9 Å². The molecule has 0 aliphatic heterocycles. The maximum absolute atomic E-state index is 13.7. The van der Waals surface area contributed by atoms with E-state index in [0.29, 0.717) is 15.7 Å². The van der Waals surface area contributed by atoms with Crippen LogP contribution in [0, 0.1) is 0 Å². The standard InChI is InChI=1S/C19H24Cl2N3O6PS/c1-5-28-18(25)16(24-27-4)15-11-32-19(22-15)23-17(31(26,29-6-2)30-7-3)13-9-8-12(20)10-14(13)21/h8-11,17H,5-7H2,1-4H3,(H,22,23)/b24-16+. The van der Waals surface area contributed by atoms with Gasteiger partial charge in [-0.25, -0.2) is 9.78 Å². The van der Waals surface area contributed by atoms with E-state index in [2.05, 4.69) is 15.5 Å². The number of esters is 1. The van der Waals surface area contributed by atoms with Gasteiger partial charge in [0.25, 0.3) is 0 Å². The van der Waals surface area contributed by atoms with Crippen molar-refractivity contribution in [3.8, 4) is 0 Å². The minimum Gasteiger partial charge on any atom is -0.461 e. The fourth-order valence-corrected chi connectivity index (χ4v) is 5.99. The Hall–Kier alpha value is -1.68. The fourth-order valence-electron chi connectivity index (χ4n) is 2.64. The molecular formula is C19H24Cl2N3O6PS. The number of hydrogen-bond acceptors (Lipinski definition) is 10. The molecule has 0 amide bonds. The highest BCUT2D eigenvalue weighted by Crippen LogP contribution is 2.61. The van der Waals surface area contributed by atoms with E-state index in [1.54, 1.807) is 38.3 Å². The zero-order chi connectivity index (χ0) is 23.7. The minimum absolute atomic E-state index is 0.0995. The zero-order valence-electron chi connectivity index (χ0n) is 18.0. The van der Waals surface area contributed by atoms with Crippen LogP contribution in [0.1, 0.15) is 37.8 Å². The van der Waals surface area contributed by atoms with Crippen molar-refractivity contribution in [1.82, 2.24) is 4.98 Å². The summed E-state index contributed by atoms with van der Waals surface area (Å²) in [6, 6.07) is 4.79. The molecule has 0 bridgehead atoms. The van der Waals surface area contributed by atoms with E-state index >= 15 is 0 Å². The molecule has 2 rings (SSSR count). The monoisotopic (exact) mass is 523 g/mol. The Bertz CT molecular complexity index is 993. The third kappa shape index (κ3) is 6.66. The number of benzene rings is 1. The number of thiazole rings is 1. The molecule has 32 heavy (non-hydrogen) atoms. The average Bonchev–Trinajstić information content (AvgIpc) is 3.19. The first-order valence-corrected chi connectivity index (χ1v) is 12.9. The van der Waals surface area contributed by atoms with E-state index in [9.17, 15) is 9.36 Å². The molecule has 9 nitrogen and oxygen atoms in total. The van der Waals surface area contributed by atoms with E-state index in [1.165, 1.54) is 13.2 Å². The molecular weight excluding hydrogens is 500 g/mol. The number of rotatable bonds is 12. The molecule has 13 heteroatoms. The Balaban J connectivity index is 2.48. The molecule has 1 aromatic carbocycles. The molecule has 176 valence electrons. The van der Waals surface area contributed by atoms with Crippen LogP contribution in [0.15, 0.2) is 28.7 Å². The summed E-state index contributed by atoms with van der Waals surface area (Å²) >= 11 is 13.6. The Morgan fingerprint density at radius 2 is 1.91 bits per heavy atom.